The number of ether oxygens (including phenoxy) is 2. The number of rotatable bonds is 5. The van der Waals surface area contributed by atoms with Crippen LogP contribution in [0.4, 0.5) is 5.69 Å². The van der Waals surface area contributed by atoms with Gasteiger partial charge in [-0.25, -0.2) is 4.99 Å². The molecule has 0 spiro atoms. The highest BCUT2D eigenvalue weighted by atomic mass is 32.2. The topological polar surface area (TPSA) is 74.9 Å². The van der Waals surface area contributed by atoms with Crippen LogP contribution in [0.5, 0.6) is 11.5 Å². The van der Waals surface area contributed by atoms with Crippen LogP contribution in [0.2, 0.25) is 0 Å². The molecule has 2 aliphatic rings. The zero-order valence-corrected chi connectivity index (χ0v) is 16.7. The lowest BCUT2D eigenvalue weighted by atomic mass is 10.1. The summed E-state index contributed by atoms with van der Waals surface area (Å²) in [6.07, 6.45) is 2.99. The zero-order chi connectivity index (χ0) is 20.2. The number of hydrogen-bond donors (Lipinski definition) is 0. The predicted octanol–water partition coefficient (Wildman–Crippen LogP) is 4.50. The molecular formula is C22H19N3O3S. The minimum absolute atomic E-state index is 0.172. The maximum absolute atomic E-state index is 13.1. The number of anilines is 1. The van der Waals surface area contributed by atoms with E-state index in [1.54, 1.807) is 11.0 Å². The lowest BCUT2D eigenvalue weighted by Crippen LogP contribution is -2.30. The lowest BCUT2D eigenvalue weighted by Gasteiger charge is -2.17. The molecule has 0 radical (unpaired) electrons. The first kappa shape index (κ1) is 19.1. The first-order chi connectivity index (χ1) is 14.2. The summed E-state index contributed by atoms with van der Waals surface area (Å²) >= 11 is 1.49. The van der Waals surface area contributed by atoms with Crippen molar-refractivity contribution < 1.29 is 14.3 Å². The van der Waals surface area contributed by atoms with E-state index in [0.717, 1.165) is 29.0 Å². The van der Waals surface area contributed by atoms with E-state index >= 15 is 0 Å². The van der Waals surface area contributed by atoms with Gasteiger partial charge in [-0.05, 0) is 49.2 Å². The molecule has 0 atom stereocenters. The van der Waals surface area contributed by atoms with Crippen molar-refractivity contribution in [2.75, 3.05) is 17.4 Å². The molecule has 0 aliphatic carbocycles. The predicted molar refractivity (Wildman–Crippen MR) is 114 cm³/mol. The average molecular weight is 405 g/mol. The third kappa shape index (κ3) is 4.13. The van der Waals surface area contributed by atoms with Gasteiger partial charge in [0.05, 0.1) is 11.8 Å². The highest BCUT2D eigenvalue weighted by Gasteiger charge is 2.32. The first-order valence-corrected chi connectivity index (χ1v) is 10.3. The van der Waals surface area contributed by atoms with Gasteiger partial charge in [0.25, 0.3) is 5.91 Å². The summed E-state index contributed by atoms with van der Waals surface area (Å²) < 4.78 is 10.8. The Hall–Kier alpha value is -3.24. The Morgan fingerprint density at radius 3 is 2.79 bits per heavy atom. The number of amides is 1. The summed E-state index contributed by atoms with van der Waals surface area (Å²) in [6.45, 7) is 2.21. The highest BCUT2D eigenvalue weighted by molar-refractivity contribution is 8.14. The van der Waals surface area contributed by atoms with Gasteiger partial charge in [0.15, 0.2) is 16.7 Å². The van der Waals surface area contributed by atoms with Crippen molar-refractivity contribution in [2.24, 2.45) is 4.99 Å². The van der Waals surface area contributed by atoms with E-state index in [1.165, 1.54) is 11.8 Å². The van der Waals surface area contributed by atoms with Crippen LogP contribution in [0.1, 0.15) is 24.0 Å². The molecule has 1 amide bonds. The smallest absolute Gasteiger partial charge is 0.283 e. The van der Waals surface area contributed by atoms with Crippen molar-refractivity contribution >= 4 is 34.6 Å². The number of fused-ring (bicyclic) bond motifs is 1. The fraction of sp³-hybridized carbons (Fsp3) is 0.227. The van der Waals surface area contributed by atoms with Crippen molar-refractivity contribution in [2.45, 2.75) is 19.8 Å². The van der Waals surface area contributed by atoms with Crippen LogP contribution in [0.25, 0.3) is 6.08 Å². The largest absolute Gasteiger partial charge is 0.454 e. The molecule has 0 N–H and O–H groups in total. The number of aliphatic imine (C=N–C) groups is 1. The van der Waals surface area contributed by atoms with Crippen LogP contribution >= 0.6 is 11.8 Å². The number of nitrogens with zero attached hydrogens (tertiary/aromatic N) is 3. The molecule has 0 saturated heterocycles. The van der Waals surface area contributed by atoms with Gasteiger partial charge in [-0.1, -0.05) is 35.5 Å². The normalized spacial score (nSPS) is 16.3. The molecule has 2 aromatic rings. The standard InChI is InChI=1S/C22H19N3O3S/c1-15-4-7-17(8-5-15)25-21(26)18(24-22(25)29-11-3-2-10-23)12-16-6-9-19-20(13-16)28-14-27-19/h4-9,12-13H,2-3,11,14H2,1H3/b18-12+. The van der Waals surface area contributed by atoms with E-state index in [2.05, 4.69) is 11.1 Å². The Balaban J connectivity index is 1.63. The Kier molecular flexibility index (Phi) is 5.54. The van der Waals surface area contributed by atoms with Gasteiger partial charge >= 0.3 is 0 Å². The van der Waals surface area contributed by atoms with Crippen LogP contribution in [0.15, 0.2) is 53.2 Å². The van der Waals surface area contributed by atoms with E-state index < -0.39 is 0 Å². The summed E-state index contributed by atoms with van der Waals surface area (Å²) in [6, 6.07) is 15.5. The minimum atomic E-state index is -0.172. The van der Waals surface area contributed by atoms with E-state index in [0.29, 0.717) is 28.8 Å². The number of thioether (sulfide) groups is 1. The van der Waals surface area contributed by atoms with Crippen molar-refractivity contribution in [3.63, 3.8) is 0 Å². The lowest BCUT2D eigenvalue weighted by molar-refractivity contribution is -0.113. The SMILES string of the molecule is Cc1ccc(N2C(=O)/C(=C\c3ccc4c(c3)OCO4)N=C2SCCCC#N)cc1. The summed E-state index contributed by atoms with van der Waals surface area (Å²) in [7, 11) is 0. The maximum Gasteiger partial charge on any atom is 0.283 e. The number of nitriles is 1. The molecule has 0 unspecified atom stereocenters. The molecule has 7 heteroatoms. The molecule has 146 valence electrons. The van der Waals surface area contributed by atoms with E-state index in [-0.39, 0.29) is 12.7 Å². The molecule has 29 heavy (non-hydrogen) atoms. The van der Waals surface area contributed by atoms with Crippen LogP contribution < -0.4 is 14.4 Å². The molecule has 0 bridgehead atoms. The second-order valence-corrected chi connectivity index (χ2v) is 7.68. The molecule has 4 rings (SSSR count). The number of unbranched alkanes of at least 4 members (excludes halogenated alkanes) is 1. The number of amidine groups is 1. The van der Waals surface area contributed by atoms with Crippen LogP contribution in [0.3, 0.4) is 0 Å². The Morgan fingerprint density at radius 2 is 2.00 bits per heavy atom. The van der Waals surface area contributed by atoms with Crippen LogP contribution in [-0.2, 0) is 4.79 Å². The van der Waals surface area contributed by atoms with E-state index in [4.69, 9.17) is 14.7 Å². The Labute approximate surface area is 173 Å². The summed E-state index contributed by atoms with van der Waals surface area (Å²) in [5.74, 6) is 1.91. The van der Waals surface area contributed by atoms with E-state index in [9.17, 15) is 4.79 Å². The van der Waals surface area contributed by atoms with Crippen molar-refractivity contribution in [1.29, 1.82) is 5.26 Å². The van der Waals surface area contributed by atoms with Gasteiger partial charge in [-0.2, -0.15) is 5.26 Å². The fourth-order valence-corrected chi connectivity index (χ4v) is 3.94. The van der Waals surface area contributed by atoms with Gasteiger partial charge in [-0.15, -0.1) is 0 Å². The van der Waals surface area contributed by atoms with Crippen molar-refractivity contribution in [1.82, 2.24) is 0 Å². The summed E-state index contributed by atoms with van der Waals surface area (Å²) in [5.41, 5.74) is 3.09. The van der Waals surface area contributed by atoms with Gasteiger partial charge < -0.3 is 9.47 Å². The average Bonchev–Trinajstić information content (AvgIpc) is 3.31. The monoisotopic (exact) mass is 405 g/mol. The number of carbonyl (C=O) groups is 1. The number of hydrogen-bond acceptors (Lipinski definition) is 6. The number of aryl methyl sites for hydroxylation is 1. The van der Waals surface area contributed by atoms with Gasteiger partial charge in [0, 0.05) is 12.2 Å². The fourth-order valence-electron chi connectivity index (χ4n) is 2.99. The molecule has 2 aliphatic heterocycles. The summed E-state index contributed by atoms with van der Waals surface area (Å²) in [4.78, 5) is 19.4. The van der Waals surface area contributed by atoms with Crippen molar-refractivity contribution in [3.05, 3.63) is 59.3 Å². The minimum Gasteiger partial charge on any atom is -0.454 e. The van der Waals surface area contributed by atoms with Crippen molar-refractivity contribution in [3.8, 4) is 17.6 Å². The Bertz CT molecular complexity index is 1040. The molecular weight excluding hydrogens is 386 g/mol. The highest BCUT2D eigenvalue weighted by Crippen LogP contribution is 2.34. The van der Waals surface area contributed by atoms with Gasteiger partial charge in [0.1, 0.15) is 5.70 Å². The quantitative estimate of drug-likeness (QED) is 0.541. The van der Waals surface area contributed by atoms with Gasteiger partial charge in [-0.3, -0.25) is 9.69 Å². The Morgan fingerprint density at radius 1 is 1.21 bits per heavy atom. The molecule has 0 fully saturated rings. The zero-order valence-electron chi connectivity index (χ0n) is 15.9. The molecule has 0 aromatic heterocycles. The third-order valence-electron chi connectivity index (χ3n) is 4.49. The van der Waals surface area contributed by atoms with Crippen LogP contribution in [0, 0.1) is 18.3 Å². The molecule has 2 aromatic carbocycles. The second kappa shape index (κ2) is 8.41. The molecule has 6 nitrogen and oxygen atoms in total. The number of carbonyl (C=O) groups excluding carboxylic acids is 1. The first-order valence-electron chi connectivity index (χ1n) is 9.26. The van der Waals surface area contributed by atoms with Gasteiger partial charge in [0.2, 0.25) is 6.79 Å². The molecule has 0 saturated carbocycles. The second-order valence-electron chi connectivity index (χ2n) is 6.62. The summed E-state index contributed by atoms with van der Waals surface area (Å²) in [5, 5.41) is 9.38. The third-order valence-corrected chi connectivity index (χ3v) is 5.51. The van der Waals surface area contributed by atoms with Crippen LogP contribution in [-0.4, -0.2) is 23.6 Å². The maximum atomic E-state index is 13.1. The number of benzene rings is 2. The van der Waals surface area contributed by atoms with E-state index in [1.807, 2.05) is 49.4 Å². The molecule has 2 heterocycles.